The fourth-order valence-corrected chi connectivity index (χ4v) is 1.58. The standard InChI is InChI=1S/C11H24N2O2/c1-4-9(5-2)10(14)8-13-7-6-11(15)12-3/h9-10,13-14H,4-8H2,1-3H3,(H,12,15). The second-order valence-corrected chi connectivity index (χ2v) is 3.77. The van der Waals surface area contributed by atoms with Gasteiger partial charge in [-0.05, 0) is 5.92 Å². The Balaban J connectivity index is 3.53. The van der Waals surface area contributed by atoms with Crippen LogP contribution in [0.2, 0.25) is 0 Å². The van der Waals surface area contributed by atoms with E-state index in [4.69, 9.17) is 0 Å². The van der Waals surface area contributed by atoms with Crippen LogP contribution >= 0.6 is 0 Å². The van der Waals surface area contributed by atoms with Crippen LogP contribution in [-0.2, 0) is 4.79 Å². The monoisotopic (exact) mass is 216 g/mol. The van der Waals surface area contributed by atoms with E-state index in [9.17, 15) is 9.90 Å². The number of aliphatic hydroxyl groups is 1. The largest absolute Gasteiger partial charge is 0.392 e. The fourth-order valence-electron chi connectivity index (χ4n) is 1.58. The third-order valence-electron chi connectivity index (χ3n) is 2.75. The number of nitrogens with one attached hydrogen (secondary N) is 2. The van der Waals surface area contributed by atoms with Crippen molar-refractivity contribution >= 4 is 5.91 Å². The highest BCUT2D eigenvalue weighted by Gasteiger charge is 2.14. The molecule has 0 rings (SSSR count). The number of hydrogen-bond acceptors (Lipinski definition) is 3. The van der Waals surface area contributed by atoms with Crippen LogP contribution in [0, 0.1) is 5.92 Å². The van der Waals surface area contributed by atoms with Gasteiger partial charge in [0, 0.05) is 26.6 Å². The molecule has 0 aromatic carbocycles. The number of rotatable bonds is 8. The van der Waals surface area contributed by atoms with E-state index in [1.807, 2.05) is 0 Å². The Morgan fingerprint density at radius 2 is 1.93 bits per heavy atom. The molecule has 0 radical (unpaired) electrons. The minimum absolute atomic E-state index is 0.0273. The average molecular weight is 216 g/mol. The first-order valence-corrected chi connectivity index (χ1v) is 5.75. The van der Waals surface area contributed by atoms with Crippen LogP contribution in [0.25, 0.3) is 0 Å². The molecule has 15 heavy (non-hydrogen) atoms. The Morgan fingerprint density at radius 1 is 1.33 bits per heavy atom. The molecule has 1 atom stereocenters. The van der Waals surface area contributed by atoms with Crippen molar-refractivity contribution in [3.05, 3.63) is 0 Å². The van der Waals surface area contributed by atoms with Crippen LogP contribution in [0.3, 0.4) is 0 Å². The molecule has 0 aliphatic heterocycles. The van der Waals surface area contributed by atoms with Gasteiger partial charge in [0.05, 0.1) is 6.10 Å². The lowest BCUT2D eigenvalue weighted by molar-refractivity contribution is -0.120. The topological polar surface area (TPSA) is 61.4 Å². The van der Waals surface area contributed by atoms with Crippen LogP contribution < -0.4 is 10.6 Å². The fraction of sp³-hybridized carbons (Fsp3) is 0.909. The van der Waals surface area contributed by atoms with Crippen LogP contribution in [0.15, 0.2) is 0 Å². The van der Waals surface area contributed by atoms with Crippen LogP contribution in [0.1, 0.15) is 33.1 Å². The SMILES string of the molecule is CCC(CC)C(O)CNCCC(=O)NC. The summed E-state index contributed by atoms with van der Waals surface area (Å²) in [5.41, 5.74) is 0. The lowest BCUT2D eigenvalue weighted by atomic mass is 9.96. The van der Waals surface area contributed by atoms with Gasteiger partial charge in [0.25, 0.3) is 0 Å². The summed E-state index contributed by atoms with van der Waals surface area (Å²) in [5.74, 6) is 0.386. The number of carbonyl (C=O) groups excluding carboxylic acids is 1. The van der Waals surface area contributed by atoms with Gasteiger partial charge in [-0.15, -0.1) is 0 Å². The lowest BCUT2D eigenvalue weighted by Crippen LogP contribution is -2.34. The van der Waals surface area contributed by atoms with E-state index in [2.05, 4.69) is 24.5 Å². The van der Waals surface area contributed by atoms with Gasteiger partial charge in [-0.1, -0.05) is 26.7 Å². The molecule has 0 aliphatic rings. The highest BCUT2D eigenvalue weighted by molar-refractivity contribution is 5.75. The number of amides is 1. The molecular formula is C11H24N2O2. The molecular weight excluding hydrogens is 192 g/mol. The molecule has 0 saturated heterocycles. The van der Waals surface area contributed by atoms with Crippen molar-refractivity contribution < 1.29 is 9.90 Å². The molecule has 4 heteroatoms. The highest BCUT2D eigenvalue weighted by atomic mass is 16.3. The zero-order chi connectivity index (χ0) is 11.7. The van der Waals surface area contributed by atoms with Gasteiger partial charge in [-0.2, -0.15) is 0 Å². The van der Waals surface area contributed by atoms with Crippen molar-refractivity contribution in [1.82, 2.24) is 10.6 Å². The summed E-state index contributed by atoms with van der Waals surface area (Å²) >= 11 is 0. The first-order valence-electron chi connectivity index (χ1n) is 5.75. The van der Waals surface area contributed by atoms with E-state index >= 15 is 0 Å². The second-order valence-electron chi connectivity index (χ2n) is 3.77. The average Bonchev–Trinajstić information content (AvgIpc) is 2.25. The Labute approximate surface area is 92.4 Å². The first-order chi connectivity index (χ1) is 7.15. The van der Waals surface area contributed by atoms with Crippen molar-refractivity contribution in [2.45, 2.75) is 39.2 Å². The van der Waals surface area contributed by atoms with E-state index in [-0.39, 0.29) is 12.0 Å². The maximum Gasteiger partial charge on any atom is 0.221 e. The van der Waals surface area contributed by atoms with E-state index in [1.165, 1.54) is 0 Å². The maximum absolute atomic E-state index is 10.9. The summed E-state index contributed by atoms with van der Waals surface area (Å²) in [6.07, 6.45) is 2.15. The summed E-state index contributed by atoms with van der Waals surface area (Å²) in [7, 11) is 1.63. The first kappa shape index (κ1) is 14.4. The van der Waals surface area contributed by atoms with Gasteiger partial charge in [-0.3, -0.25) is 4.79 Å². The molecule has 0 spiro atoms. The molecule has 0 aliphatic carbocycles. The van der Waals surface area contributed by atoms with Gasteiger partial charge in [0.15, 0.2) is 0 Å². The smallest absolute Gasteiger partial charge is 0.221 e. The van der Waals surface area contributed by atoms with Gasteiger partial charge >= 0.3 is 0 Å². The molecule has 0 fully saturated rings. The zero-order valence-corrected chi connectivity index (χ0v) is 10.0. The molecule has 3 N–H and O–H groups in total. The lowest BCUT2D eigenvalue weighted by Gasteiger charge is -2.20. The van der Waals surface area contributed by atoms with Gasteiger partial charge in [0.2, 0.25) is 5.91 Å². The molecule has 0 saturated carbocycles. The molecule has 90 valence electrons. The van der Waals surface area contributed by atoms with Crippen molar-refractivity contribution in [1.29, 1.82) is 0 Å². The summed E-state index contributed by atoms with van der Waals surface area (Å²) in [6, 6.07) is 0. The normalized spacial score (nSPS) is 12.9. The quantitative estimate of drug-likeness (QED) is 0.518. The van der Waals surface area contributed by atoms with E-state index in [1.54, 1.807) is 7.05 Å². The maximum atomic E-state index is 10.9. The van der Waals surface area contributed by atoms with Crippen molar-refractivity contribution in [3.63, 3.8) is 0 Å². The summed E-state index contributed by atoms with van der Waals surface area (Å²) < 4.78 is 0. The van der Waals surface area contributed by atoms with Gasteiger partial charge in [-0.25, -0.2) is 0 Å². The minimum Gasteiger partial charge on any atom is -0.392 e. The van der Waals surface area contributed by atoms with Gasteiger partial charge < -0.3 is 15.7 Å². The van der Waals surface area contributed by atoms with Crippen molar-refractivity contribution in [3.8, 4) is 0 Å². The molecule has 4 nitrogen and oxygen atoms in total. The third-order valence-corrected chi connectivity index (χ3v) is 2.75. The predicted octanol–water partition coefficient (Wildman–Crippen LogP) is 0.509. The molecule has 1 amide bonds. The van der Waals surface area contributed by atoms with E-state index in [0.717, 1.165) is 12.8 Å². The predicted molar refractivity (Wildman–Crippen MR) is 61.6 cm³/mol. The summed E-state index contributed by atoms with van der Waals surface area (Å²) in [5, 5.41) is 15.4. The van der Waals surface area contributed by atoms with Crippen LogP contribution in [0.4, 0.5) is 0 Å². The van der Waals surface area contributed by atoms with E-state index in [0.29, 0.717) is 25.4 Å². The third kappa shape index (κ3) is 6.47. The van der Waals surface area contributed by atoms with Crippen molar-refractivity contribution in [2.24, 2.45) is 5.92 Å². The number of hydrogen-bond donors (Lipinski definition) is 3. The van der Waals surface area contributed by atoms with Crippen LogP contribution in [0.5, 0.6) is 0 Å². The van der Waals surface area contributed by atoms with Crippen LogP contribution in [-0.4, -0.2) is 37.3 Å². The molecule has 0 heterocycles. The second kappa shape index (κ2) is 8.68. The van der Waals surface area contributed by atoms with Gasteiger partial charge in [0.1, 0.15) is 0 Å². The Hall–Kier alpha value is -0.610. The Bertz CT molecular complexity index is 170. The van der Waals surface area contributed by atoms with Crippen molar-refractivity contribution in [2.75, 3.05) is 20.1 Å². The Morgan fingerprint density at radius 3 is 2.40 bits per heavy atom. The summed E-state index contributed by atoms with van der Waals surface area (Å²) in [4.78, 5) is 10.9. The Kier molecular flexibility index (Phi) is 8.33. The highest BCUT2D eigenvalue weighted by Crippen LogP contribution is 2.11. The molecule has 0 bridgehead atoms. The zero-order valence-electron chi connectivity index (χ0n) is 10.0. The molecule has 1 unspecified atom stereocenters. The van der Waals surface area contributed by atoms with E-state index < -0.39 is 0 Å². The number of aliphatic hydroxyl groups excluding tert-OH is 1. The number of carbonyl (C=O) groups is 1. The molecule has 0 aromatic rings. The minimum atomic E-state index is -0.301. The summed E-state index contributed by atoms with van der Waals surface area (Å²) in [6.45, 7) is 5.37. The molecule has 0 aromatic heterocycles.